The van der Waals surface area contributed by atoms with Gasteiger partial charge in [-0.05, 0) is 36.1 Å². The van der Waals surface area contributed by atoms with Gasteiger partial charge in [0, 0.05) is 19.3 Å². The van der Waals surface area contributed by atoms with E-state index in [1.165, 1.54) is 0 Å². The van der Waals surface area contributed by atoms with E-state index in [0.29, 0.717) is 42.1 Å². The molecule has 0 spiro atoms. The number of hydrogen-bond donors (Lipinski definition) is 2. The van der Waals surface area contributed by atoms with Crippen molar-refractivity contribution >= 4 is 11.9 Å². The molecule has 2 aromatic rings. The van der Waals surface area contributed by atoms with Gasteiger partial charge in [0.25, 0.3) is 5.91 Å². The summed E-state index contributed by atoms with van der Waals surface area (Å²) in [5, 5.41) is 5.99. The Balaban J connectivity index is 1.92. The number of amides is 1. The van der Waals surface area contributed by atoms with Gasteiger partial charge in [-0.25, -0.2) is 9.97 Å². The molecule has 1 amide bonds. The van der Waals surface area contributed by atoms with Gasteiger partial charge in [0.1, 0.15) is 5.69 Å². The molecule has 0 radical (unpaired) electrons. The van der Waals surface area contributed by atoms with Gasteiger partial charge in [-0.2, -0.15) is 0 Å². The van der Waals surface area contributed by atoms with Crippen LogP contribution in [-0.2, 0) is 6.42 Å². The SMILES string of the molecule is COc1ccc(CCNc2nccc(C(=O)NCC(C)C)n2)cc1OC. The lowest BCUT2D eigenvalue weighted by Crippen LogP contribution is -2.28. The minimum Gasteiger partial charge on any atom is -0.493 e. The summed E-state index contributed by atoms with van der Waals surface area (Å²) in [6.45, 7) is 5.33. The van der Waals surface area contributed by atoms with Crippen molar-refractivity contribution in [1.82, 2.24) is 15.3 Å². The van der Waals surface area contributed by atoms with Crippen LogP contribution in [0.5, 0.6) is 11.5 Å². The molecular weight excluding hydrogens is 332 g/mol. The molecular formula is C19H26N4O3. The third-order valence-corrected chi connectivity index (χ3v) is 3.70. The Hall–Kier alpha value is -2.83. The Morgan fingerprint density at radius 2 is 1.92 bits per heavy atom. The highest BCUT2D eigenvalue weighted by atomic mass is 16.5. The highest BCUT2D eigenvalue weighted by Crippen LogP contribution is 2.27. The minimum atomic E-state index is -0.191. The van der Waals surface area contributed by atoms with Crippen LogP contribution < -0.4 is 20.1 Å². The topological polar surface area (TPSA) is 85.4 Å². The lowest BCUT2D eigenvalue weighted by Gasteiger charge is -2.10. The smallest absolute Gasteiger partial charge is 0.270 e. The van der Waals surface area contributed by atoms with Crippen LogP contribution in [0.25, 0.3) is 0 Å². The summed E-state index contributed by atoms with van der Waals surface area (Å²) in [5.41, 5.74) is 1.45. The van der Waals surface area contributed by atoms with E-state index in [-0.39, 0.29) is 5.91 Å². The molecule has 0 aliphatic heterocycles. The monoisotopic (exact) mass is 358 g/mol. The van der Waals surface area contributed by atoms with Crippen LogP contribution in [-0.4, -0.2) is 43.2 Å². The molecule has 0 fully saturated rings. The Kier molecular flexibility index (Phi) is 7.20. The van der Waals surface area contributed by atoms with Crippen LogP contribution in [0.15, 0.2) is 30.5 Å². The molecule has 2 rings (SSSR count). The number of ether oxygens (including phenoxy) is 2. The van der Waals surface area contributed by atoms with Crippen molar-refractivity contribution in [3.8, 4) is 11.5 Å². The van der Waals surface area contributed by atoms with Crippen molar-refractivity contribution in [2.75, 3.05) is 32.6 Å². The number of aromatic nitrogens is 2. The molecule has 0 bridgehead atoms. The summed E-state index contributed by atoms with van der Waals surface area (Å²) < 4.78 is 10.5. The molecule has 26 heavy (non-hydrogen) atoms. The summed E-state index contributed by atoms with van der Waals surface area (Å²) in [6, 6.07) is 7.41. The second kappa shape index (κ2) is 9.60. The quantitative estimate of drug-likeness (QED) is 0.716. The average Bonchev–Trinajstić information content (AvgIpc) is 2.66. The van der Waals surface area contributed by atoms with Crippen LogP contribution in [0.4, 0.5) is 5.95 Å². The third-order valence-electron chi connectivity index (χ3n) is 3.70. The average molecular weight is 358 g/mol. The van der Waals surface area contributed by atoms with Crippen LogP contribution >= 0.6 is 0 Å². The van der Waals surface area contributed by atoms with E-state index in [9.17, 15) is 4.79 Å². The van der Waals surface area contributed by atoms with Crippen molar-refractivity contribution in [2.45, 2.75) is 20.3 Å². The van der Waals surface area contributed by atoms with Crippen molar-refractivity contribution < 1.29 is 14.3 Å². The maximum atomic E-state index is 12.1. The molecule has 7 heteroatoms. The second-order valence-electron chi connectivity index (χ2n) is 6.24. The molecule has 0 saturated carbocycles. The largest absolute Gasteiger partial charge is 0.493 e. The molecule has 1 aromatic carbocycles. The fourth-order valence-electron chi connectivity index (χ4n) is 2.31. The van der Waals surface area contributed by atoms with E-state index in [1.54, 1.807) is 26.5 Å². The normalized spacial score (nSPS) is 10.5. The zero-order valence-electron chi connectivity index (χ0n) is 15.7. The fraction of sp³-hybridized carbons (Fsp3) is 0.421. The van der Waals surface area contributed by atoms with Crippen LogP contribution in [0, 0.1) is 5.92 Å². The van der Waals surface area contributed by atoms with Crippen LogP contribution in [0.2, 0.25) is 0 Å². The first-order valence-electron chi connectivity index (χ1n) is 8.59. The highest BCUT2D eigenvalue weighted by Gasteiger charge is 2.09. The van der Waals surface area contributed by atoms with Gasteiger partial charge >= 0.3 is 0 Å². The van der Waals surface area contributed by atoms with Gasteiger partial charge < -0.3 is 20.1 Å². The number of anilines is 1. The zero-order chi connectivity index (χ0) is 18.9. The molecule has 0 atom stereocenters. The van der Waals surface area contributed by atoms with Gasteiger partial charge in [-0.15, -0.1) is 0 Å². The number of nitrogens with zero attached hydrogens (tertiary/aromatic N) is 2. The minimum absolute atomic E-state index is 0.191. The van der Waals surface area contributed by atoms with Crippen molar-refractivity contribution in [1.29, 1.82) is 0 Å². The number of hydrogen-bond acceptors (Lipinski definition) is 6. The van der Waals surface area contributed by atoms with E-state index in [2.05, 4.69) is 20.6 Å². The standard InChI is InChI=1S/C19H26N4O3/c1-13(2)12-22-18(24)15-8-10-21-19(23-15)20-9-7-14-5-6-16(25-3)17(11-14)26-4/h5-6,8,10-11,13H,7,9,12H2,1-4H3,(H,22,24)(H,20,21,23). The number of nitrogens with one attached hydrogen (secondary N) is 2. The van der Waals surface area contributed by atoms with E-state index in [1.807, 2.05) is 32.0 Å². The molecule has 0 aliphatic rings. The zero-order valence-corrected chi connectivity index (χ0v) is 15.7. The van der Waals surface area contributed by atoms with Gasteiger partial charge in [-0.3, -0.25) is 4.79 Å². The van der Waals surface area contributed by atoms with E-state index < -0.39 is 0 Å². The van der Waals surface area contributed by atoms with E-state index in [4.69, 9.17) is 9.47 Å². The lowest BCUT2D eigenvalue weighted by atomic mass is 10.1. The summed E-state index contributed by atoms with van der Waals surface area (Å²) in [4.78, 5) is 20.5. The molecule has 7 nitrogen and oxygen atoms in total. The first-order chi connectivity index (χ1) is 12.5. The summed E-state index contributed by atoms with van der Waals surface area (Å²) in [6.07, 6.45) is 2.34. The summed E-state index contributed by atoms with van der Waals surface area (Å²) in [5.74, 6) is 2.03. The molecule has 0 aliphatic carbocycles. The van der Waals surface area contributed by atoms with Crippen LogP contribution in [0.1, 0.15) is 29.9 Å². The Labute approximate surface area is 154 Å². The Bertz CT molecular complexity index is 734. The Morgan fingerprint density at radius 1 is 1.15 bits per heavy atom. The summed E-state index contributed by atoms with van der Waals surface area (Å²) in [7, 11) is 3.23. The first kappa shape index (κ1) is 19.5. The fourth-order valence-corrected chi connectivity index (χ4v) is 2.31. The van der Waals surface area contributed by atoms with Crippen molar-refractivity contribution in [3.63, 3.8) is 0 Å². The molecule has 140 valence electrons. The number of benzene rings is 1. The maximum absolute atomic E-state index is 12.1. The van der Waals surface area contributed by atoms with Gasteiger partial charge in [0.05, 0.1) is 14.2 Å². The predicted molar refractivity (Wildman–Crippen MR) is 101 cm³/mol. The highest BCUT2D eigenvalue weighted by molar-refractivity contribution is 5.92. The van der Waals surface area contributed by atoms with Crippen molar-refractivity contribution in [3.05, 3.63) is 41.7 Å². The maximum Gasteiger partial charge on any atom is 0.270 e. The molecule has 0 unspecified atom stereocenters. The Morgan fingerprint density at radius 3 is 2.62 bits per heavy atom. The number of methoxy groups -OCH3 is 2. The van der Waals surface area contributed by atoms with E-state index in [0.717, 1.165) is 12.0 Å². The van der Waals surface area contributed by atoms with E-state index >= 15 is 0 Å². The number of carbonyl (C=O) groups is 1. The summed E-state index contributed by atoms with van der Waals surface area (Å²) >= 11 is 0. The molecule has 1 heterocycles. The predicted octanol–water partition coefficient (Wildman–Crippen LogP) is 2.53. The number of carbonyl (C=O) groups excluding carboxylic acids is 1. The van der Waals surface area contributed by atoms with Gasteiger partial charge in [-0.1, -0.05) is 19.9 Å². The third kappa shape index (κ3) is 5.61. The molecule has 0 saturated heterocycles. The second-order valence-corrected chi connectivity index (χ2v) is 6.24. The molecule has 1 aromatic heterocycles. The first-order valence-corrected chi connectivity index (χ1v) is 8.59. The number of rotatable bonds is 9. The van der Waals surface area contributed by atoms with Gasteiger partial charge in [0.15, 0.2) is 11.5 Å². The lowest BCUT2D eigenvalue weighted by molar-refractivity contribution is 0.0944. The molecule has 2 N–H and O–H groups in total. The van der Waals surface area contributed by atoms with Gasteiger partial charge in [0.2, 0.25) is 5.95 Å². The van der Waals surface area contributed by atoms with Crippen LogP contribution in [0.3, 0.4) is 0 Å². The van der Waals surface area contributed by atoms with Crippen molar-refractivity contribution in [2.24, 2.45) is 5.92 Å².